The lowest BCUT2D eigenvalue weighted by molar-refractivity contribution is -0.137. The Kier molecular flexibility index (Phi) is 8.45. The van der Waals surface area contributed by atoms with Crippen LogP contribution in [0.5, 0.6) is 0 Å². The molecule has 0 spiro atoms. The van der Waals surface area contributed by atoms with Crippen molar-refractivity contribution in [3.63, 3.8) is 0 Å². The first-order valence-electron chi connectivity index (χ1n) is 11.8. The van der Waals surface area contributed by atoms with Gasteiger partial charge in [0.2, 0.25) is 11.0 Å². The van der Waals surface area contributed by atoms with Gasteiger partial charge in [-0.25, -0.2) is 4.79 Å². The van der Waals surface area contributed by atoms with E-state index in [-0.39, 0.29) is 11.6 Å². The maximum Gasteiger partial charge on any atom is 0.418 e. The van der Waals surface area contributed by atoms with Gasteiger partial charge in [-0.2, -0.15) is 13.2 Å². The summed E-state index contributed by atoms with van der Waals surface area (Å²) in [5.41, 5.74) is 1.16. The fourth-order valence-corrected chi connectivity index (χ4v) is 4.45. The maximum atomic E-state index is 13.3. The number of urea groups is 1. The van der Waals surface area contributed by atoms with Crippen molar-refractivity contribution in [1.29, 1.82) is 0 Å². The first kappa shape index (κ1) is 27.6. The van der Waals surface area contributed by atoms with Gasteiger partial charge in [-0.1, -0.05) is 53.8 Å². The number of alkyl halides is 3. The second-order valence-corrected chi connectivity index (χ2v) is 9.70. The fourth-order valence-electron chi connectivity index (χ4n) is 3.70. The summed E-state index contributed by atoms with van der Waals surface area (Å²) in [5.74, 6) is -0.594. The van der Waals surface area contributed by atoms with Crippen LogP contribution in [0.4, 0.5) is 34.5 Å². The van der Waals surface area contributed by atoms with Gasteiger partial charge in [-0.15, -0.1) is 10.2 Å². The van der Waals surface area contributed by atoms with Crippen LogP contribution in [0.1, 0.15) is 11.1 Å². The van der Waals surface area contributed by atoms with E-state index in [1.807, 2.05) is 43.3 Å². The molecule has 39 heavy (non-hydrogen) atoms. The van der Waals surface area contributed by atoms with Crippen LogP contribution in [0.3, 0.4) is 0 Å². The molecule has 4 rings (SSSR count). The third-order valence-corrected chi connectivity index (χ3v) is 6.56. The number of rotatable bonds is 8. The summed E-state index contributed by atoms with van der Waals surface area (Å²) in [5, 5.41) is 16.3. The van der Waals surface area contributed by atoms with E-state index in [0.717, 1.165) is 40.3 Å². The minimum absolute atomic E-state index is 0.0959. The summed E-state index contributed by atoms with van der Waals surface area (Å²) in [4.78, 5) is 27.9. The highest BCUT2D eigenvalue weighted by Gasteiger charge is 2.34. The molecule has 1 unspecified atom stereocenters. The number of carbonyl (C=O) groups is 2. The molecule has 3 aromatic carbocycles. The minimum Gasteiger partial charge on any atom is -0.378 e. The van der Waals surface area contributed by atoms with Crippen molar-refractivity contribution in [3.05, 3.63) is 90.0 Å². The molecule has 0 fully saturated rings. The SMILES string of the molecule is CN(C)c1ccc(-c2nnc(NC(=O)C(Cc3ccccc3)NC(=O)Nc3ccccc3C(F)(F)F)s2)cc1. The number of nitrogens with one attached hydrogen (secondary N) is 3. The number of anilines is 3. The maximum absolute atomic E-state index is 13.3. The van der Waals surface area contributed by atoms with Gasteiger partial charge >= 0.3 is 12.2 Å². The zero-order chi connectivity index (χ0) is 28.0. The van der Waals surface area contributed by atoms with Crippen molar-refractivity contribution in [3.8, 4) is 10.6 Å². The molecule has 0 saturated heterocycles. The Morgan fingerprint density at radius 3 is 2.23 bits per heavy atom. The second kappa shape index (κ2) is 11.9. The van der Waals surface area contributed by atoms with Crippen molar-refractivity contribution in [2.24, 2.45) is 0 Å². The molecule has 0 bridgehead atoms. The molecular formula is C27H25F3N6O2S. The highest BCUT2D eigenvalue weighted by molar-refractivity contribution is 7.18. The highest BCUT2D eigenvalue weighted by atomic mass is 32.1. The summed E-state index contributed by atoms with van der Waals surface area (Å²) in [7, 11) is 3.87. The lowest BCUT2D eigenvalue weighted by Crippen LogP contribution is -2.47. The molecule has 0 saturated carbocycles. The third-order valence-electron chi connectivity index (χ3n) is 5.67. The molecule has 0 radical (unpaired) electrons. The van der Waals surface area contributed by atoms with E-state index in [2.05, 4.69) is 26.1 Å². The molecule has 1 atom stereocenters. The predicted molar refractivity (Wildman–Crippen MR) is 146 cm³/mol. The van der Waals surface area contributed by atoms with Crippen LogP contribution in [0.15, 0.2) is 78.9 Å². The Bertz CT molecular complexity index is 1430. The highest BCUT2D eigenvalue weighted by Crippen LogP contribution is 2.34. The largest absolute Gasteiger partial charge is 0.418 e. The molecule has 0 aliphatic carbocycles. The Labute approximate surface area is 226 Å². The lowest BCUT2D eigenvalue weighted by atomic mass is 10.1. The van der Waals surface area contributed by atoms with E-state index in [9.17, 15) is 22.8 Å². The van der Waals surface area contributed by atoms with Gasteiger partial charge in [-0.05, 0) is 42.0 Å². The van der Waals surface area contributed by atoms with Crippen molar-refractivity contribution >= 4 is 39.8 Å². The summed E-state index contributed by atoms with van der Waals surface area (Å²) in [6.07, 6.45) is -4.56. The molecule has 202 valence electrons. The van der Waals surface area contributed by atoms with Gasteiger partial charge in [0.1, 0.15) is 11.0 Å². The lowest BCUT2D eigenvalue weighted by Gasteiger charge is -2.19. The summed E-state index contributed by atoms with van der Waals surface area (Å²) in [6, 6.07) is 19.1. The Hall–Kier alpha value is -4.45. The van der Waals surface area contributed by atoms with E-state index < -0.39 is 35.4 Å². The Balaban J connectivity index is 1.49. The molecule has 4 aromatic rings. The van der Waals surface area contributed by atoms with Crippen LogP contribution in [0, 0.1) is 0 Å². The predicted octanol–water partition coefficient (Wildman–Crippen LogP) is 5.66. The van der Waals surface area contributed by atoms with Crippen LogP contribution >= 0.6 is 11.3 Å². The molecule has 0 aliphatic rings. The van der Waals surface area contributed by atoms with Crippen molar-refractivity contribution < 1.29 is 22.8 Å². The number of hydrogen-bond donors (Lipinski definition) is 3. The minimum atomic E-state index is -4.66. The van der Waals surface area contributed by atoms with Gasteiger partial charge in [0.05, 0.1) is 11.3 Å². The zero-order valence-corrected chi connectivity index (χ0v) is 21.8. The molecule has 8 nitrogen and oxygen atoms in total. The molecular weight excluding hydrogens is 529 g/mol. The molecule has 1 heterocycles. The third kappa shape index (κ3) is 7.32. The molecule has 12 heteroatoms. The monoisotopic (exact) mass is 554 g/mol. The zero-order valence-electron chi connectivity index (χ0n) is 21.0. The van der Waals surface area contributed by atoms with Crippen LogP contribution < -0.4 is 20.9 Å². The fraction of sp³-hybridized carbons (Fsp3) is 0.185. The summed E-state index contributed by atoms with van der Waals surface area (Å²) >= 11 is 1.16. The van der Waals surface area contributed by atoms with E-state index in [0.29, 0.717) is 5.01 Å². The van der Waals surface area contributed by atoms with E-state index in [1.54, 1.807) is 30.3 Å². The van der Waals surface area contributed by atoms with Crippen LogP contribution in [-0.4, -0.2) is 42.3 Å². The standard InChI is InChI=1S/C27H25F3N6O2S/c1-36(2)19-14-12-18(13-15-19)24-34-35-26(39-24)33-23(37)22(16-17-8-4-3-5-9-17)32-25(38)31-21-11-7-6-10-20(21)27(28,29)30/h3-15,22H,16H2,1-2H3,(H2,31,32,38)(H,33,35,37). The van der Waals surface area contributed by atoms with Gasteiger partial charge in [0, 0.05) is 31.8 Å². The van der Waals surface area contributed by atoms with Crippen molar-refractivity contribution in [1.82, 2.24) is 15.5 Å². The van der Waals surface area contributed by atoms with Gasteiger partial charge in [-0.3, -0.25) is 10.1 Å². The number of nitrogens with zero attached hydrogens (tertiary/aromatic N) is 3. The molecule has 0 aliphatic heterocycles. The first-order valence-corrected chi connectivity index (χ1v) is 12.6. The number of benzene rings is 3. The first-order chi connectivity index (χ1) is 18.6. The smallest absolute Gasteiger partial charge is 0.378 e. The number of aromatic nitrogens is 2. The van der Waals surface area contributed by atoms with E-state index in [4.69, 9.17) is 0 Å². The quantitative estimate of drug-likeness (QED) is 0.261. The van der Waals surface area contributed by atoms with Crippen molar-refractivity contribution in [2.75, 3.05) is 29.6 Å². The number of para-hydroxylation sites is 1. The van der Waals surface area contributed by atoms with E-state index in [1.165, 1.54) is 12.1 Å². The number of hydrogen-bond acceptors (Lipinski definition) is 6. The Morgan fingerprint density at radius 1 is 0.897 bits per heavy atom. The average Bonchev–Trinajstić information content (AvgIpc) is 3.37. The van der Waals surface area contributed by atoms with Crippen LogP contribution in [0.25, 0.3) is 10.6 Å². The second-order valence-electron chi connectivity index (χ2n) is 8.73. The molecule has 1 aromatic heterocycles. The number of halogens is 3. The van der Waals surface area contributed by atoms with Crippen LogP contribution in [-0.2, 0) is 17.4 Å². The van der Waals surface area contributed by atoms with E-state index >= 15 is 0 Å². The van der Waals surface area contributed by atoms with Crippen LogP contribution in [0.2, 0.25) is 0 Å². The molecule has 3 N–H and O–H groups in total. The Morgan fingerprint density at radius 2 is 1.56 bits per heavy atom. The molecule has 3 amide bonds. The summed E-state index contributed by atoms with van der Waals surface area (Å²) < 4.78 is 40.0. The number of carbonyl (C=O) groups excluding carboxylic acids is 2. The number of amides is 3. The van der Waals surface area contributed by atoms with Crippen molar-refractivity contribution in [2.45, 2.75) is 18.6 Å². The van der Waals surface area contributed by atoms with Gasteiger partial charge < -0.3 is 15.5 Å². The summed E-state index contributed by atoms with van der Waals surface area (Å²) in [6.45, 7) is 0. The van der Waals surface area contributed by atoms with Gasteiger partial charge in [0.25, 0.3) is 0 Å². The van der Waals surface area contributed by atoms with Gasteiger partial charge in [0.15, 0.2) is 0 Å². The average molecular weight is 555 g/mol. The normalized spacial score (nSPS) is 11.9. The topological polar surface area (TPSA) is 99.2 Å².